The van der Waals surface area contributed by atoms with Crippen molar-refractivity contribution >= 4 is 5.97 Å². The van der Waals surface area contributed by atoms with E-state index in [1.54, 1.807) is 0 Å². The number of hydrogen-bond acceptors (Lipinski definition) is 3. The van der Waals surface area contributed by atoms with Gasteiger partial charge in [-0.3, -0.25) is 4.79 Å². The van der Waals surface area contributed by atoms with Gasteiger partial charge in [-0.2, -0.15) is 0 Å². The Morgan fingerprint density at radius 2 is 1.82 bits per heavy atom. The second kappa shape index (κ2) is 7.07. The normalized spacial score (nSPS) is 12.5. The van der Waals surface area contributed by atoms with Crippen LogP contribution >= 0.6 is 0 Å². The van der Waals surface area contributed by atoms with E-state index in [0.29, 0.717) is 0 Å². The molecule has 0 spiro atoms. The molecule has 0 aromatic heterocycles. The van der Waals surface area contributed by atoms with Crippen LogP contribution in [0.4, 0.5) is 0 Å². The monoisotopic (exact) mass is 236 g/mol. The first-order valence-electron chi connectivity index (χ1n) is 6.08. The molecular weight excluding hydrogens is 216 g/mol. The maximum absolute atomic E-state index is 11.6. The van der Waals surface area contributed by atoms with Gasteiger partial charge in [0.25, 0.3) is 0 Å². The quantitative estimate of drug-likeness (QED) is 0.772. The Morgan fingerprint density at radius 1 is 1.24 bits per heavy atom. The first kappa shape index (κ1) is 13.7. The van der Waals surface area contributed by atoms with Crippen LogP contribution in [0.25, 0.3) is 0 Å². The molecule has 1 N–H and O–H groups in total. The number of carbonyl (C=O) groups excluding carboxylic acids is 1. The Balaban J connectivity index is 2.43. The van der Waals surface area contributed by atoms with Crippen molar-refractivity contribution in [3.8, 4) is 0 Å². The highest BCUT2D eigenvalue weighted by molar-refractivity contribution is 5.72. The summed E-state index contributed by atoms with van der Waals surface area (Å²) in [6, 6.07) is 9.21. The van der Waals surface area contributed by atoms with Crippen molar-refractivity contribution in [1.29, 1.82) is 0 Å². The highest BCUT2D eigenvalue weighted by Crippen LogP contribution is 2.15. The lowest BCUT2D eigenvalue weighted by Crippen LogP contribution is -2.19. The van der Waals surface area contributed by atoms with Crippen molar-refractivity contribution in [3.63, 3.8) is 0 Å². The molecule has 0 saturated carbocycles. The van der Waals surface area contributed by atoms with Crippen LogP contribution in [0.2, 0.25) is 0 Å². The largest absolute Gasteiger partial charge is 0.462 e. The number of carbonyl (C=O) groups is 1. The van der Waals surface area contributed by atoms with Crippen LogP contribution in [0, 0.1) is 5.92 Å². The third-order valence-electron chi connectivity index (χ3n) is 2.89. The number of aliphatic hydroxyl groups excluding tert-OH is 1. The van der Waals surface area contributed by atoms with Crippen LogP contribution in [0.15, 0.2) is 30.3 Å². The number of aliphatic hydroxyl groups is 1. The van der Waals surface area contributed by atoms with E-state index in [1.165, 1.54) is 0 Å². The molecule has 1 unspecified atom stereocenters. The predicted molar refractivity (Wildman–Crippen MR) is 66.4 cm³/mol. The Hall–Kier alpha value is -1.35. The lowest BCUT2D eigenvalue weighted by atomic mass is 10.0. The van der Waals surface area contributed by atoms with Crippen molar-refractivity contribution in [2.45, 2.75) is 32.8 Å². The SMILES string of the molecule is CCC(CC)C(=O)OCC(O)c1ccccc1. The molecule has 0 heterocycles. The fraction of sp³-hybridized carbons (Fsp3) is 0.500. The molecule has 0 amide bonds. The molecule has 0 aliphatic carbocycles. The molecule has 0 fully saturated rings. The molecule has 0 aliphatic heterocycles. The number of benzene rings is 1. The molecule has 0 bridgehead atoms. The topological polar surface area (TPSA) is 46.5 Å². The average Bonchev–Trinajstić information content (AvgIpc) is 2.38. The summed E-state index contributed by atoms with van der Waals surface area (Å²) in [7, 11) is 0. The summed E-state index contributed by atoms with van der Waals surface area (Å²) in [6.07, 6.45) is 0.808. The molecule has 0 saturated heterocycles. The maximum atomic E-state index is 11.6. The van der Waals surface area contributed by atoms with Crippen molar-refractivity contribution in [1.82, 2.24) is 0 Å². The second-order valence-corrected chi connectivity index (χ2v) is 4.07. The fourth-order valence-corrected chi connectivity index (χ4v) is 1.67. The van der Waals surface area contributed by atoms with Crippen molar-refractivity contribution in [2.75, 3.05) is 6.61 Å². The molecule has 0 aliphatic rings. The minimum absolute atomic E-state index is 0.0271. The molecule has 0 radical (unpaired) electrons. The lowest BCUT2D eigenvalue weighted by Gasteiger charge is -2.15. The van der Waals surface area contributed by atoms with Gasteiger partial charge < -0.3 is 9.84 Å². The second-order valence-electron chi connectivity index (χ2n) is 4.07. The molecule has 1 rings (SSSR count). The van der Waals surface area contributed by atoms with Gasteiger partial charge >= 0.3 is 5.97 Å². The molecule has 3 heteroatoms. The highest BCUT2D eigenvalue weighted by Gasteiger charge is 2.17. The summed E-state index contributed by atoms with van der Waals surface area (Å²) in [4.78, 5) is 11.6. The Kier molecular flexibility index (Phi) is 5.70. The van der Waals surface area contributed by atoms with Crippen molar-refractivity contribution in [2.24, 2.45) is 5.92 Å². The van der Waals surface area contributed by atoms with E-state index in [-0.39, 0.29) is 18.5 Å². The predicted octanol–water partition coefficient (Wildman–Crippen LogP) is 2.70. The Morgan fingerprint density at radius 3 is 2.35 bits per heavy atom. The van der Waals surface area contributed by atoms with Gasteiger partial charge in [-0.1, -0.05) is 44.2 Å². The van der Waals surface area contributed by atoms with E-state index in [4.69, 9.17) is 4.74 Å². The van der Waals surface area contributed by atoms with Gasteiger partial charge in [0.15, 0.2) is 0 Å². The summed E-state index contributed by atoms with van der Waals surface area (Å²) in [6.45, 7) is 3.95. The third-order valence-corrected chi connectivity index (χ3v) is 2.89. The minimum atomic E-state index is -0.741. The molecule has 17 heavy (non-hydrogen) atoms. The number of rotatable bonds is 6. The van der Waals surface area contributed by atoms with Crippen molar-refractivity contribution < 1.29 is 14.6 Å². The molecule has 1 aromatic rings. The summed E-state index contributed by atoms with van der Waals surface area (Å²) in [5.41, 5.74) is 0.768. The van der Waals surface area contributed by atoms with Crippen LogP contribution in [-0.4, -0.2) is 17.7 Å². The van der Waals surface area contributed by atoms with Gasteiger partial charge in [0.1, 0.15) is 12.7 Å². The number of ether oxygens (including phenoxy) is 1. The van der Waals surface area contributed by atoms with E-state index in [2.05, 4.69) is 0 Å². The highest BCUT2D eigenvalue weighted by atomic mass is 16.5. The molecule has 1 atom stereocenters. The van der Waals surface area contributed by atoms with E-state index in [9.17, 15) is 9.90 Å². The molecule has 3 nitrogen and oxygen atoms in total. The Bertz CT molecular complexity index is 331. The molecule has 1 aromatic carbocycles. The maximum Gasteiger partial charge on any atom is 0.309 e. The average molecular weight is 236 g/mol. The lowest BCUT2D eigenvalue weighted by molar-refractivity contribution is -0.151. The van der Waals surface area contributed by atoms with E-state index in [0.717, 1.165) is 18.4 Å². The van der Waals surface area contributed by atoms with E-state index in [1.807, 2.05) is 44.2 Å². The van der Waals surface area contributed by atoms with Gasteiger partial charge in [-0.25, -0.2) is 0 Å². The van der Waals surface area contributed by atoms with Gasteiger partial charge in [0, 0.05) is 0 Å². The van der Waals surface area contributed by atoms with Crippen LogP contribution < -0.4 is 0 Å². The molecular formula is C14H20O3. The summed E-state index contributed by atoms with van der Waals surface area (Å²) < 4.78 is 5.11. The van der Waals surface area contributed by atoms with E-state index < -0.39 is 6.10 Å². The minimum Gasteiger partial charge on any atom is -0.462 e. The molecule has 94 valence electrons. The zero-order chi connectivity index (χ0) is 12.7. The zero-order valence-corrected chi connectivity index (χ0v) is 10.4. The number of esters is 1. The third kappa shape index (κ3) is 4.19. The first-order chi connectivity index (χ1) is 8.19. The zero-order valence-electron chi connectivity index (χ0n) is 10.4. The smallest absolute Gasteiger partial charge is 0.309 e. The van der Waals surface area contributed by atoms with Crippen LogP contribution in [0.5, 0.6) is 0 Å². The van der Waals surface area contributed by atoms with Crippen LogP contribution in [0.3, 0.4) is 0 Å². The summed E-state index contributed by atoms with van der Waals surface area (Å²) >= 11 is 0. The fourth-order valence-electron chi connectivity index (χ4n) is 1.67. The van der Waals surface area contributed by atoms with Gasteiger partial charge in [0.2, 0.25) is 0 Å². The standard InChI is InChI=1S/C14H20O3/c1-3-11(4-2)14(16)17-10-13(15)12-8-6-5-7-9-12/h5-9,11,13,15H,3-4,10H2,1-2H3. The van der Waals surface area contributed by atoms with Gasteiger partial charge in [-0.05, 0) is 18.4 Å². The van der Waals surface area contributed by atoms with Gasteiger partial charge in [0.05, 0.1) is 5.92 Å². The first-order valence-corrected chi connectivity index (χ1v) is 6.08. The van der Waals surface area contributed by atoms with Crippen LogP contribution in [-0.2, 0) is 9.53 Å². The number of hydrogen-bond donors (Lipinski definition) is 1. The van der Waals surface area contributed by atoms with E-state index >= 15 is 0 Å². The van der Waals surface area contributed by atoms with Gasteiger partial charge in [-0.15, -0.1) is 0 Å². The van der Waals surface area contributed by atoms with Crippen LogP contribution in [0.1, 0.15) is 38.4 Å². The summed E-state index contributed by atoms with van der Waals surface area (Å²) in [5, 5.41) is 9.82. The van der Waals surface area contributed by atoms with Crippen molar-refractivity contribution in [3.05, 3.63) is 35.9 Å². The summed E-state index contributed by atoms with van der Waals surface area (Å²) in [5.74, 6) is -0.275. The Labute approximate surface area is 102 Å².